The monoisotopic (exact) mass is 385 g/mol. The zero-order valence-corrected chi connectivity index (χ0v) is 14.3. The Hall–Kier alpha value is -2.79. The van der Waals surface area contributed by atoms with E-state index in [0.29, 0.717) is 5.56 Å². The molecule has 0 saturated heterocycles. The third-order valence-corrected chi connectivity index (χ3v) is 3.94. The highest BCUT2D eigenvalue weighted by Crippen LogP contribution is 2.34. The van der Waals surface area contributed by atoms with E-state index < -0.39 is 17.2 Å². The van der Waals surface area contributed by atoms with Crippen LogP contribution in [-0.2, 0) is 4.79 Å². The summed E-state index contributed by atoms with van der Waals surface area (Å²) in [5.74, 6) is -0.663. The number of benzene rings is 1. The molecule has 25 heavy (non-hydrogen) atoms. The second kappa shape index (κ2) is 8.35. The molecule has 0 bridgehead atoms. The molecule has 0 aliphatic carbocycles. The number of aromatic nitrogens is 3. The van der Waals surface area contributed by atoms with Gasteiger partial charge in [-0.15, -0.1) is 0 Å². The summed E-state index contributed by atoms with van der Waals surface area (Å²) in [7, 11) is 1.37. The largest absolute Gasteiger partial charge is 0.503 e. The van der Waals surface area contributed by atoms with Crippen LogP contribution in [0.4, 0.5) is 0 Å². The van der Waals surface area contributed by atoms with Gasteiger partial charge in [-0.25, -0.2) is 15.3 Å². The van der Waals surface area contributed by atoms with E-state index in [2.05, 4.69) is 20.7 Å². The summed E-state index contributed by atoms with van der Waals surface area (Å²) in [6, 6.07) is 2.92. The molecule has 132 valence electrons. The number of nitrogens with zero attached hydrogens (tertiary/aromatic N) is 2. The number of ether oxygens (including phenoxy) is 1. The number of rotatable bonds is 6. The lowest BCUT2D eigenvalue weighted by Gasteiger charge is -2.06. The Bertz CT molecular complexity index is 926. The molecular formula is C13H12ClN5O5S. The van der Waals surface area contributed by atoms with Gasteiger partial charge in [0.05, 0.1) is 24.1 Å². The van der Waals surface area contributed by atoms with Gasteiger partial charge < -0.3 is 9.84 Å². The smallest absolute Gasteiger partial charge is 0.342 e. The highest BCUT2D eigenvalue weighted by Gasteiger charge is 2.09. The average Bonchev–Trinajstić information content (AvgIpc) is 2.57. The summed E-state index contributed by atoms with van der Waals surface area (Å²) in [6.45, 7) is 0. The number of hydrazone groups is 1. The van der Waals surface area contributed by atoms with E-state index in [1.54, 1.807) is 0 Å². The molecule has 0 aliphatic heterocycles. The van der Waals surface area contributed by atoms with Gasteiger partial charge >= 0.3 is 5.69 Å². The van der Waals surface area contributed by atoms with Crippen LogP contribution in [0.25, 0.3) is 0 Å². The van der Waals surface area contributed by atoms with E-state index in [9.17, 15) is 19.5 Å². The van der Waals surface area contributed by atoms with Crippen molar-refractivity contribution in [1.82, 2.24) is 20.6 Å². The number of aromatic hydroxyl groups is 1. The number of hydrogen-bond donors (Lipinski definition) is 4. The maximum absolute atomic E-state index is 11.7. The van der Waals surface area contributed by atoms with Gasteiger partial charge in [-0.05, 0) is 17.7 Å². The van der Waals surface area contributed by atoms with Gasteiger partial charge in [0.15, 0.2) is 16.5 Å². The first-order chi connectivity index (χ1) is 11.9. The molecule has 0 unspecified atom stereocenters. The minimum absolute atomic E-state index is 0.0474. The minimum atomic E-state index is -0.730. The van der Waals surface area contributed by atoms with Crippen molar-refractivity contribution in [1.29, 1.82) is 0 Å². The summed E-state index contributed by atoms with van der Waals surface area (Å²) in [6.07, 6.45) is 1.31. The van der Waals surface area contributed by atoms with E-state index in [1.165, 1.54) is 25.5 Å². The topological polar surface area (TPSA) is 150 Å². The summed E-state index contributed by atoms with van der Waals surface area (Å²) in [5, 5.41) is 19.0. The van der Waals surface area contributed by atoms with E-state index >= 15 is 0 Å². The maximum atomic E-state index is 11.7. The molecule has 1 aromatic carbocycles. The van der Waals surface area contributed by atoms with Crippen LogP contribution in [0.5, 0.6) is 11.5 Å². The molecule has 1 amide bonds. The molecule has 0 fully saturated rings. The molecule has 0 atom stereocenters. The average molecular weight is 386 g/mol. The van der Waals surface area contributed by atoms with Crippen molar-refractivity contribution < 1.29 is 14.6 Å². The Kier molecular flexibility index (Phi) is 6.19. The predicted molar refractivity (Wildman–Crippen MR) is 91.6 cm³/mol. The van der Waals surface area contributed by atoms with E-state index in [-0.39, 0.29) is 27.3 Å². The number of nitrogens with one attached hydrogen (secondary N) is 3. The standard InChI is InChI=1S/C13H12ClN5O5S/c1-24-8-3-6(2-7(14)10(8)21)4-15-17-9(20)5-25-12-11(22)16-13(23)19-18-12/h2-4,21H,5H2,1H3,(H,17,20)(H2,16,19,22,23)/b15-4+. The predicted octanol–water partition coefficient (Wildman–Crippen LogP) is 0.0682. The molecule has 0 radical (unpaired) electrons. The Labute approximate surface area is 149 Å². The molecule has 2 rings (SSSR count). The summed E-state index contributed by atoms with van der Waals surface area (Å²) in [5.41, 5.74) is 1.33. The van der Waals surface area contributed by atoms with Gasteiger partial charge in [0.25, 0.3) is 5.56 Å². The quantitative estimate of drug-likeness (QED) is 0.312. The van der Waals surface area contributed by atoms with Gasteiger partial charge in [-0.1, -0.05) is 23.4 Å². The zero-order valence-electron chi connectivity index (χ0n) is 12.7. The first-order valence-electron chi connectivity index (χ1n) is 6.61. The number of amides is 1. The van der Waals surface area contributed by atoms with Gasteiger partial charge in [0.1, 0.15) is 0 Å². The minimum Gasteiger partial charge on any atom is -0.503 e. The number of carbonyl (C=O) groups is 1. The Morgan fingerprint density at radius 3 is 2.96 bits per heavy atom. The molecule has 0 aliphatic rings. The number of methoxy groups -OCH3 is 1. The van der Waals surface area contributed by atoms with Crippen LogP contribution in [0.2, 0.25) is 5.02 Å². The summed E-state index contributed by atoms with van der Waals surface area (Å²) in [4.78, 5) is 35.9. The Balaban J connectivity index is 1.93. The van der Waals surface area contributed by atoms with Crippen LogP contribution in [0.1, 0.15) is 5.56 Å². The zero-order chi connectivity index (χ0) is 18.4. The first kappa shape index (κ1) is 18.5. The van der Waals surface area contributed by atoms with Crippen LogP contribution in [-0.4, -0.2) is 45.3 Å². The lowest BCUT2D eigenvalue weighted by molar-refractivity contribution is -0.118. The summed E-state index contributed by atoms with van der Waals surface area (Å²) >= 11 is 6.67. The molecule has 0 spiro atoms. The number of halogens is 1. The fourth-order valence-electron chi connectivity index (χ4n) is 1.60. The van der Waals surface area contributed by atoms with Crippen LogP contribution in [0.15, 0.2) is 31.8 Å². The van der Waals surface area contributed by atoms with E-state index in [4.69, 9.17) is 16.3 Å². The lowest BCUT2D eigenvalue weighted by atomic mass is 10.2. The van der Waals surface area contributed by atoms with E-state index in [1.807, 2.05) is 4.98 Å². The van der Waals surface area contributed by atoms with Gasteiger partial charge in [0.2, 0.25) is 5.91 Å². The number of carbonyl (C=O) groups excluding carboxylic acids is 1. The van der Waals surface area contributed by atoms with Crippen molar-refractivity contribution in [2.75, 3.05) is 12.9 Å². The van der Waals surface area contributed by atoms with Gasteiger partial charge in [-0.3, -0.25) is 14.6 Å². The first-order valence-corrected chi connectivity index (χ1v) is 7.97. The molecule has 12 heteroatoms. The second-order valence-electron chi connectivity index (χ2n) is 4.45. The van der Waals surface area contributed by atoms with Crippen LogP contribution < -0.4 is 21.4 Å². The third kappa shape index (κ3) is 5.09. The van der Waals surface area contributed by atoms with Crippen molar-refractivity contribution in [3.63, 3.8) is 0 Å². The van der Waals surface area contributed by atoms with Crippen LogP contribution in [0, 0.1) is 0 Å². The van der Waals surface area contributed by atoms with Crippen LogP contribution in [0.3, 0.4) is 0 Å². The number of H-pyrrole nitrogens is 2. The highest BCUT2D eigenvalue weighted by atomic mass is 35.5. The molecule has 10 nitrogen and oxygen atoms in total. The third-order valence-electron chi connectivity index (χ3n) is 2.69. The van der Waals surface area contributed by atoms with Crippen LogP contribution >= 0.6 is 23.4 Å². The number of phenolic OH excluding ortho intramolecular Hbond substituents is 1. The van der Waals surface area contributed by atoms with Crippen molar-refractivity contribution >= 4 is 35.5 Å². The SMILES string of the molecule is COc1cc(/C=N/NC(=O)CSc2n[nH]c(=O)[nH]c2=O)cc(Cl)c1O. The van der Waals surface area contributed by atoms with Gasteiger partial charge in [-0.2, -0.15) is 10.2 Å². The molecular weight excluding hydrogens is 374 g/mol. The highest BCUT2D eigenvalue weighted by molar-refractivity contribution is 7.99. The van der Waals surface area contributed by atoms with Crippen molar-refractivity contribution in [3.05, 3.63) is 43.6 Å². The number of hydrogen-bond acceptors (Lipinski definition) is 8. The fraction of sp³-hybridized carbons (Fsp3) is 0.154. The second-order valence-corrected chi connectivity index (χ2v) is 5.82. The molecule has 1 heterocycles. The van der Waals surface area contributed by atoms with Crippen molar-refractivity contribution in [2.45, 2.75) is 5.03 Å². The summed E-state index contributed by atoms with van der Waals surface area (Å²) < 4.78 is 4.95. The fourth-order valence-corrected chi connectivity index (χ4v) is 2.45. The van der Waals surface area contributed by atoms with Gasteiger partial charge in [0, 0.05) is 0 Å². The molecule has 2 aromatic rings. The number of aromatic amines is 2. The Morgan fingerprint density at radius 1 is 1.52 bits per heavy atom. The molecule has 0 saturated carbocycles. The lowest BCUT2D eigenvalue weighted by Crippen LogP contribution is -2.26. The van der Waals surface area contributed by atoms with Crippen molar-refractivity contribution in [2.24, 2.45) is 5.10 Å². The number of phenols is 1. The molecule has 4 N–H and O–H groups in total. The molecule has 1 aromatic heterocycles. The number of thioether (sulfide) groups is 1. The van der Waals surface area contributed by atoms with Crippen molar-refractivity contribution in [3.8, 4) is 11.5 Å². The Morgan fingerprint density at radius 2 is 2.28 bits per heavy atom. The maximum Gasteiger partial charge on any atom is 0.342 e. The van der Waals surface area contributed by atoms with E-state index in [0.717, 1.165) is 11.8 Å². The normalized spacial score (nSPS) is 10.8.